The zero-order chi connectivity index (χ0) is 18.3. The zero-order valence-corrected chi connectivity index (χ0v) is 16.9. The van der Waals surface area contributed by atoms with Gasteiger partial charge in [-0.1, -0.05) is 42.1 Å². The van der Waals surface area contributed by atoms with Gasteiger partial charge in [0.2, 0.25) is 0 Å². The first kappa shape index (κ1) is 17.8. The normalized spacial score (nSPS) is 16.0. The Hall–Kier alpha value is -1.63. The molecular weight excluding hydrogens is 364 g/mol. The van der Waals surface area contributed by atoms with Crippen LogP contribution in [-0.4, -0.2) is 21.4 Å². The van der Waals surface area contributed by atoms with Gasteiger partial charge >= 0.3 is 0 Å². The van der Waals surface area contributed by atoms with Crippen LogP contribution in [0.3, 0.4) is 0 Å². The SMILES string of the molecule is CSc1nc2sc3c(c2c(=O)n1CCc1ccccc1)CC(C)(C)OC3. The Labute approximate surface area is 161 Å². The van der Waals surface area contributed by atoms with Crippen molar-refractivity contribution in [3.63, 3.8) is 0 Å². The first-order valence-corrected chi connectivity index (χ1v) is 10.8. The Balaban J connectivity index is 1.79. The van der Waals surface area contributed by atoms with E-state index in [9.17, 15) is 4.79 Å². The van der Waals surface area contributed by atoms with E-state index in [0.717, 1.165) is 38.7 Å². The molecule has 0 bridgehead atoms. The highest BCUT2D eigenvalue weighted by atomic mass is 32.2. The topological polar surface area (TPSA) is 44.1 Å². The Morgan fingerprint density at radius 1 is 1.31 bits per heavy atom. The van der Waals surface area contributed by atoms with Crippen molar-refractivity contribution < 1.29 is 4.74 Å². The molecule has 1 aromatic carbocycles. The molecule has 6 heteroatoms. The molecule has 26 heavy (non-hydrogen) atoms. The molecule has 0 amide bonds. The highest BCUT2D eigenvalue weighted by molar-refractivity contribution is 7.98. The summed E-state index contributed by atoms with van der Waals surface area (Å²) in [5, 5.41) is 1.59. The third-order valence-corrected chi connectivity index (χ3v) is 6.58. The maximum Gasteiger partial charge on any atom is 0.263 e. The van der Waals surface area contributed by atoms with Gasteiger partial charge in [0, 0.05) is 17.8 Å². The summed E-state index contributed by atoms with van der Waals surface area (Å²) in [6.07, 6.45) is 3.56. The molecule has 0 saturated heterocycles. The summed E-state index contributed by atoms with van der Waals surface area (Å²) in [5.41, 5.74) is 2.22. The molecule has 0 atom stereocenters. The van der Waals surface area contributed by atoms with E-state index in [1.54, 1.807) is 11.3 Å². The maximum absolute atomic E-state index is 13.3. The van der Waals surface area contributed by atoms with Crippen LogP contribution in [0, 0.1) is 0 Å². The second-order valence-corrected chi connectivity index (χ2v) is 9.06. The standard InChI is InChI=1S/C20H22N2O2S2/c1-20(2)11-14-15(12-24-20)26-17-16(14)18(23)22(19(21-17)25-3)10-9-13-7-5-4-6-8-13/h4-8H,9-12H2,1-3H3. The predicted molar refractivity (Wildman–Crippen MR) is 108 cm³/mol. The fourth-order valence-corrected chi connectivity index (χ4v) is 5.17. The Bertz CT molecular complexity index is 1010. The van der Waals surface area contributed by atoms with E-state index in [1.165, 1.54) is 17.3 Å². The summed E-state index contributed by atoms with van der Waals surface area (Å²) in [6.45, 7) is 5.38. The van der Waals surface area contributed by atoms with Crippen LogP contribution in [0.1, 0.15) is 29.9 Å². The van der Waals surface area contributed by atoms with Gasteiger partial charge in [0.25, 0.3) is 5.56 Å². The average molecular weight is 387 g/mol. The smallest absolute Gasteiger partial charge is 0.263 e. The lowest BCUT2D eigenvalue weighted by Gasteiger charge is -2.29. The second-order valence-electron chi connectivity index (χ2n) is 7.20. The van der Waals surface area contributed by atoms with Crippen LogP contribution in [0.4, 0.5) is 0 Å². The quantitative estimate of drug-likeness (QED) is 0.496. The van der Waals surface area contributed by atoms with Crippen molar-refractivity contribution in [3.8, 4) is 0 Å². The summed E-state index contributed by atoms with van der Waals surface area (Å²) < 4.78 is 7.76. The molecule has 2 aromatic heterocycles. The summed E-state index contributed by atoms with van der Waals surface area (Å²) in [5.74, 6) is 0. The minimum atomic E-state index is -0.236. The lowest BCUT2D eigenvalue weighted by Crippen LogP contribution is -2.32. The maximum atomic E-state index is 13.3. The molecule has 136 valence electrons. The van der Waals surface area contributed by atoms with Crippen LogP contribution in [0.5, 0.6) is 0 Å². The van der Waals surface area contributed by atoms with Gasteiger partial charge in [0.05, 0.1) is 17.6 Å². The Kier molecular flexibility index (Phi) is 4.67. The van der Waals surface area contributed by atoms with Gasteiger partial charge < -0.3 is 4.74 Å². The first-order valence-electron chi connectivity index (χ1n) is 8.75. The molecule has 0 aliphatic carbocycles. The molecule has 0 unspecified atom stereocenters. The third-order valence-electron chi connectivity index (χ3n) is 4.81. The molecule has 1 aliphatic rings. The number of aryl methyl sites for hydroxylation is 1. The van der Waals surface area contributed by atoms with Crippen LogP contribution < -0.4 is 5.56 Å². The number of ether oxygens (including phenoxy) is 1. The van der Waals surface area contributed by atoms with E-state index in [-0.39, 0.29) is 11.2 Å². The van der Waals surface area contributed by atoms with Crippen LogP contribution in [0.2, 0.25) is 0 Å². The number of aromatic nitrogens is 2. The van der Waals surface area contributed by atoms with Crippen molar-refractivity contribution in [3.05, 3.63) is 56.7 Å². The lowest BCUT2D eigenvalue weighted by atomic mass is 9.94. The fourth-order valence-electron chi connectivity index (χ4n) is 3.45. The minimum Gasteiger partial charge on any atom is -0.370 e. The highest BCUT2D eigenvalue weighted by Gasteiger charge is 2.31. The van der Waals surface area contributed by atoms with Gasteiger partial charge in [-0.25, -0.2) is 4.98 Å². The number of benzene rings is 1. The fraction of sp³-hybridized carbons (Fsp3) is 0.400. The van der Waals surface area contributed by atoms with Crippen LogP contribution in [-0.2, 0) is 30.7 Å². The van der Waals surface area contributed by atoms with E-state index < -0.39 is 0 Å². The molecular formula is C20H22N2O2S2. The van der Waals surface area contributed by atoms with Crippen molar-refractivity contribution in [2.75, 3.05) is 6.26 Å². The van der Waals surface area contributed by atoms with Gasteiger partial charge in [-0.3, -0.25) is 9.36 Å². The van der Waals surface area contributed by atoms with Gasteiger partial charge in [-0.15, -0.1) is 11.3 Å². The van der Waals surface area contributed by atoms with E-state index in [2.05, 4.69) is 26.0 Å². The van der Waals surface area contributed by atoms with Crippen LogP contribution in [0.25, 0.3) is 10.2 Å². The summed E-state index contributed by atoms with van der Waals surface area (Å²) in [4.78, 5) is 20.2. The van der Waals surface area contributed by atoms with E-state index in [0.29, 0.717) is 13.2 Å². The first-order chi connectivity index (χ1) is 12.5. The summed E-state index contributed by atoms with van der Waals surface area (Å²) in [7, 11) is 0. The van der Waals surface area contributed by atoms with E-state index >= 15 is 0 Å². The zero-order valence-electron chi connectivity index (χ0n) is 15.2. The highest BCUT2D eigenvalue weighted by Crippen LogP contribution is 2.37. The van der Waals surface area contributed by atoms with Gasteiger partial charge in [0.1, 0.15) is 4.83 Å². The van der Waals surface area contributed by atoms with Crippen molar-refractivity contribution >= 4 is 33.3 Å². The molecule has 1 aliphatic heterocycles. The molecule has 3 heterocycles. The number of hydrogen-bond acceptors (Lipinski definition) is 5. The number of fused-ring (bicyclic) bond motifs is 3. The van der Waals surface area contributed by atoms with Crippen LogP contribution >= 0.6 is 23.1 Å². The predicted octanol–water partition coefficient (Wildman–Crippen LogP) is 4.27. The number of nitrogens with zero attached hydrogens (tertiary/aromatic N) is 2. The van der Waals surface area contributed by atoms with Gasteiger partial charge in [-0.2, -0.15) is 0 Å². The van der Waals surface area contributed by atoms with Crippen molar-refractivity contribution in [2.45, 2.75) is 50.6 Å². The van der Waals surface area contributed by atoms with Crippen LogP contribution in [0.15, 0.2) is 40.3 Å². The van der Waals surface area contributed by atoms with Crippen molar-refractivity contribution in [1.82, 2.24) is 9.55 Å². The lowest BCUT2D eigenvalue weighted by molar-refractivity contribution is -0.0379. The van der Waals surface area contributed by atoms with E-state index in [1.807, 2.05) is 29.0 Å². The van der Waals surface area contributed by atoms with Gasteiger partial charge in [0.15, 0.2) is 5.16 Å². The third kappa shape index (κ3) is 3.21. The van der Waals surface area contributed by atoms with Crippen molar-refractivity contribution in [1.29, 1.82) is 0 Å². The van der Waals surface area contributed by atoms with E-state index in [4.69, 9.17) is 9.72 Å². The number of thiophene rings is 1. The molecule has 3 aromatic rings. The average Bonchev–Trinajstić information content (AvgIpc) is 2.98. The van der Waals surface area contributed by atoms with Gasteiger partial charge in [-0.05, 0) is 37.7 Å². The molecule has 0 fully saturated rings. The molecule has 0 radical (unpaired) electrons. The Morgan fingerprint density at radius 2 is 2.08 bits per heavy atom. The molecule has 4 rings (SSSR count). The summed E-state index contributed by atoms with van der Waals surface area (Å²) in [6, 6.07) is 10.3. The number of thioether (sulfide) groups is 1. The minimum absolute atomic E-state index is 0.0884. The largest absolute Gasteiger partial charge is 0.370 e. The molecule has 0 saturated carbocycles. The summed E-state index contributed by atoms with van der Waals surface area (Å²) >= 11 is 3.14. The second kappa shape index (κ2) is 6.83. The number of rotatable bonds is 4. The molecule has 0 N–H and O–H groups in total. The Morgan fingerprint density at radius 3 is 2.81 bits per heavy atom. The monoisotopic (exact) mass is 386 g/mol. The molecule has 0 spiro atoms. The molecule has 4 nitrogen and oxygen atoms in total. The van der Waals surface area contributed by atoms with Crippen molar-refractivity contribution in [2.24, 2.45) is 0 Å². The number of hydrogen-bond donors (Lipinski definition) is 0.